The van der Waals surface area contributed by atoms with E-state index in [9.17, 15) is 0 Å². The van der Waals surface area contributed by atoms with Gasteiger partial charge >= 0.3 is 0 Å². The standard InChI is InChI=1S/C11H19BrN4O/c1-16-10(11(12)14-15-16)9(13)6-5-8-4-2-3-7-17-8/h8-9H,2-7,13H2,1H3. The van der Waals surface area contributed by atoms with Crippen LogP contribution in [0.3, 0.4) is 0 Å². The predicted molar refractivity (Wildman–Crippen MR) is 68.5 cm³/mol. The van der Waals surface area contributed by atoms with Crippen molar-refractivity contribution in [3.05, 3.63) is 10.3 Å². The number of rotatable bonds is 4. The van der Waals surface area contributed by atoms with E-state index in [1.54, 1.807) is 4.68 Å². The molecule has 2 atom stereocenters. The summed E-state index contributed by atoms with van der Waals surface area (Å²) in [6.07, 6.45) is 5.94. The van der Waals surface area contributed by atoms with Gasteiger partial charge < -0.3 is 10.5 Å². The molecule has 17 heavy (non-hydrogen) atoms. The van der Waals surface area contributed by atoms with E-state index in [0.29, 0.717) is 6.10 Å². The topological polar surface area (TPSA) is 66.0 Å². The summed E-state index contributed by atoms with van der Waals surface area (Å²) < 4.78 is 8.18. The third kappa shape index (κ3) is 3.26. The van der Waals surface area contributed by atoms with E-state index in [2.05, 4.69) is 26.2 Å². The largest absolute Gasteiger partial charge is 0.378 e. The van der Waals surface area contributed by atoms with Crippen molar-refractivity contribution in [2.24, 2.45) is 12.8 Å². The number of aromatic nitrogens is 3. The molecule has 0 bridgehead atoms. The SMILES string of the molecule is Cn1nnc(Br)c1C(N)CCC1CCCCO1. The van der Waals surface area contributed by atoms with E-state index >= 15 is 0 Å². The molecule has 2 heterocycles. The number of aryl methyl sites for hydroxylation is 1. The fourth-order valence-electron chi connectivity index (χ4n) is 2.27. The van der Waals surface area contributed by atoms with E-state index in [4.69, 9.17) is 10.5 Å². The highest BCUT2D eigenvalue weighted by Gasteiger charge is 2.19. The maximum Gasteiger partial charge on any atom is 0.153 e. The number of ether oxygens (including phenoxy) is 1. The van der Waals surface area contributed by atoms with E-state index in [0.717, 1.165) is 36.2 Å². The molecule has 1 aromatic rings. The van der Waals surface area contributed by atoms with Crippen LogP contribution in [0.25, 0.3) is 0 Å². The van der Waals surface area contributed by atoms with Gasteiger partial charge in [-0.2, -0.15) is 0 Å². The average Bonchev–Trinajstić information content (AvgIpc) is 2.67. The van der Waals surface area contributed by atoms with Gasteiger partial charge in [-0.1, -0.05) is 5.21 Å². The van der Waals surface area contributed by atoms with Crippen LogP contribution in [0.15, 0.2) is 4.60 Å². The summed E-state index contributed by atoms with van der Waals surface area (Å²) >= 11 is 3.38. The molecule has 0 aliphatic carbocycles. The highest BCUT2D eigenvalue weighted by Crippen LogP contribution is 2.25. The molecule has 0 aromatic carbocycles. The third-order valence-corrected chi connectivity index (χ3v) is 3.82. The first kappa shape index (κ1) is 13.0. The Kier molecular flexibility index (Phi) is 4.53. The normalized spacial score (nSPS) is 22.6. The zero-order chi connectivity index (χ0) is 12.3. The first-order valence-corrected chi connectivity index (χ1v) is 6.90. The highest BCUT2D eigenvalue weighted by molar-refractivity contribution is 9.10. The molecule has 1 aliphatic heterocycles. The summed E-state index contributed by atoms with van der Waals surface area (Å²) in [4.78, 5) is 0. The van der Waals surface area contributed by atoms with Crippen molar-refractivity contribution in [3.8, 4) is 0 Å². The van der Waals surface area contributed by atoms with Crippen LogP contribution < -0.4 is 5.73 Å². The van der Waals surface area contributed by atoms with E-state index in [1.165, 1.54) is 12.8 Å². The Labute approximate surface area is 110 Å². The van der Waals surface area contributed by atoms with Crippen molar-refractivity contribution >= 4 is 15.9 Å². The second kappa shape index (κ2) is 5.93. The van der Waals surface area contributed by atoms with Crippen LogP contribution in [-0.4, -0.2) is 27.7 Å². The number of halogens is 1. The first-order chi connectivity index (χ1) is 8.18. The molecule has 2 rings (SSSR count). The Morgan fingerprint density at radius 3 is 3.00 bits per heavy atom. The second-order valence-electron chi connectivity index (χ2n) is 4.56. The van der Waals surface area contributed by atoms with E-state index in [1.807, 2.05) is 7.05 Å². The summed E-state index contributed by atoms with van der Waals surface area (Å²) in [5.41, 5.74) is 7.13. The molecule has 1 aliphatic rings. The second-order valence-corrected chi connectivity index (χ2v) is 5.31. The lowest BCUT2D eigenvalue weighted by Crippen LogP contribution is -2.22. The summed E-state index contributed by atoms with van der Waals surface area (Å²) in [6, 6.07) is -0.0325. The molecule has 1 aromatic heterocycles. The molecule has 1 fully saturated rings. The molecule has 2 unspecified atom stereocenters. The molecule has 0 spiro atoms. The van der Waals surface area contributed by atoms with Gasteiger partial charge in [0.15, 0.2) is 4.60 Å². The Hall–Kier alpha value is -0.460. The first-order valence-electron chi connectivity index (χ1n) is 6.10. The summed E-state index contributed by atoms with van der Waals surface area (Å²) in [5.74, 6) is 0. The summed E-state index contributed by atoms with van der Waals surface area (Å²) in [7, 11) is 1.87. The van der Waals surface area contributed by atoms with Gasteiger partial charge in [-0.25, -0.2) is 4.68 Å². The zero-order valence-electron chi connectivity index (χ0n) is 10.1. The van der Waals surface area contributed by atoms with Crippen molar-refractivity contribution in [2.45, 2.75) is 44.2 Å². The lowest BCUT2D eigenvalue weighted by Gasteiger charge is -2.23. The Balaban J connectivity index is 1.86. The van der Waals surface area contributed by atoms with Crippen LogP contribution in [0.5, 0.6) is 0 Å². The number of hydrogen-bond acceptors (Lipinski definition) is 4. The minimum atomic E-state index is -0.0325. The number of hydrogen-bond donors (Lipinski definition) is 1. The molecule has 0 amide bonds. The van der Waals surface area contributed by atoms with Gasteiger partial charge in [0.1, 0.15) is 0 Å². The van der Waals surface area contributed by atoms with Crippen molar-refractivity contribution in [1.29, 1.82) is 0 Å². The van der Waals surface area contributed by atoms with Crippen LogP contribution in [0, 0.1) is 0 Å². The molecule has 6 heteroatoms. The molecule has 2 N–H and O–H groups in total. The minimum absolute atomic E-state index is 0.0325. The van der Waals surface area contributed by atoms with Gasteiger partial charge in [0.2, 0.25) is 0 Å². The average molecular weight is 303 g/mol. The fraction of sp³-hybridized carbons (Fsp3) is 0.818. The van der Waals surface area contributed by atoms with Crippen LogP contribution in [0.2, 0.25) is 0 Å². The van der Waals surface area contributed by atoms with Crippen molar-refractivity contribution in [1.82, 2.24) is 15.0 Å². The zero-order valence-corrected chi connectivity index (χ0v) is 11.7. The van der Waals surface area contributed by atoms with Gasteiger partial charge in [0, 0.05) is 19.7 Å². The monoisotopic (exact) mass is 302 g/mol. The minimum Gasteiger partial charge on any atom is -0.378 e. The lowest BCUT2D eigenvalue weighted by molar-refractivity contribution is 0.00901. The maximum absolute atomic E-state index is 6.17. The van der Waals surface area contributed by atoms with Crippen LogP contribution in [-0.2, 0) is 11.8 Å². The van der Waals surface area contributed by atoms with Gasteiger partial charge in [-0.15, -0.1) is 5.10 Å². The van der Waals surface area contributed by atoms with Crippen LogP contribution in [0.1, 0.15) is 43.8 Å². The van der Waals surface area contributed by atoms with Gasteiger partial charge in [-0.3, -0.25) is 0 Å². The number of nitrogens with zero attached hydrogens (tertiary/aromatic N) is 3. The molecule has 0 radical (unpaired) electrons. The summed E-state index contributed by atoms with van der Waals surface area (Å²) in [5, 5.41) is 7.89. The Bertz CT molecular complexity index is 343. The molecule has 5 nitrogen and oxygen atoms in total. The van der Waals surface area contributed by atoms with Gasteiger partial charge in [0.25, 0.3) is 0 Å². The lowest BCUT2D eigenvalue weighted by atomic mass is 10.0. The van der Waals surface area contributed by atoms with E-state index < -0.39 is 0 Å². The number of nitrogens with two attached hydrogens (primary N) is 1. The molecule has 96 valence electrons. The molecular weight excluding hydrogens is 284 g/mol. The van der Waals surface area contributed by atoms with Crippen LogP contribution >= 0.6 is 15.9 Å². The smallest absolute Gasteiger partial charge is 0.153 e. The van der Waals surface area contributed by atoms with E-state index in [-0.39, 0.29) is 6.04 Å². The highest BCUT2D eigenvalue weighted by atomic mass is 79.9. The van der Waals surface area contributed by atoms with Crippen LogP contribution in [0.4, 0.5) is 0 Å². The quantitative estimate of drug-likeness (QED) is 0.923. The summed E-state index contributed by atoms with van der Waals surface area (Å²) in [6.45, 7) is 0.900. The molecule has 1 saturated heterocycles. The van der Waals surface area contributed by atoms with Gasteiger partial charge in [-0.05, 0) is 48.0 Å². The molecule has 0 saturated carbocycles. The molecular formula is C11H19BrN4O. The van der Waals surface area contributed by atoms with Crippen molar-refractivity contribution in [3.63, 3.8) is 0 Å². The Morgan fingerprint density at radius 1 is 1.59 bits per heavy atom. The Morgan fingerprint density at radius 2 is 2.41 bits per heavy atom. The fourth-order valence-corrected chi connectivity index (χ4v) is 2.89. The third-order valence-electron chi connectivity index (χ3n) is 3.25. The predicted octanol–water partition coefficient (Wildman–Crippen LogP) is 1.93. The maximum atomic E-state index is 6.17. The van der Waals surface area contributed by atoms with Crippen molar-refractivity contribution < 1.29 is 4.74 Å². The van der Waals surface area contributed by atoms with Crippen molar-refractivity contribution in [2.75, 3.05) is 6.61 Å². The van der Waals surface area contributed by atoms with Gasteiger partial charge in [0.05, 0.1) is 11.8 Å².